The summed E-state index contributed by atoms with van der Waals surface area (Å²) in [6.07, 6.45) is 1.08. The second kappa shape index (κ2) is 3.92. The molecule has 0 unspecified atom stereocenters. The lowest BCUT2D eigenvalue weighted by molar-refractivity contribution is 0.586. The van der Waals surface area contributed by atoms with Crippen molar-refractivity contribution in [1.29, 1.82) is 0 Å². The van der Waals surface area contributed by atoms with Gasteiger partial charge in [0, 0.05) is 6.26 Å². The van der Waals surface area contributed by atoms with Gasteiger partial charge in [0.05, 0.1) is 5.69 Å². The molecule has 0 aliphatic heterocycles. The molecule has 0 bridgehead atoms. The molecule has 0 atom stereocenters. The molecule has 1 aromatic carbocycles. The van der Waals surface area contributed by atoms with Crippen molar-refractivity contribution in [1.82, 2.24) is 20.2 Å². The Balaban J connectivity index is 2.70. The van der Waals surface area contributed by atoms with Crippen LogP contribution in [0.3, 0.4) is 0 Å². The number of tetrazole rings is 1. The van der Waals surface area contributed by atoms with Gasteiger partial charge < -0.3 is 0 Å². The molecule has 0 saturated heterocycles. The molecule has 0 N–H and O–H groups in total. The average Bonchev–Trinajstić information content (AvgIpc) is 2.69. The van der Waals surface area contributed by atoms with Crippen LogP contribution in [0.1, 0.15) is 11.1 Å². The Morgan fingerprint density at radius 1 is 1.24 bits per heavy atom. The first kappa shape index (κ1) is 11.7. The van der Waals surface area contributed by atoms with Gasteiger partial charge in [-0.25, -0.2) is 8.42 Å². The second-order valence-electron chi connectivity index (χ2n) is 3.94. The number of rotatable bonds is 2. The van der Waals surface area contributed by atoms with E-state index in [1.165, 1.54) is 4.68 Å². The van der Waals surface area contributed by atoms with Crippen molar-refractivity contribution in [2.45, 2.75) is 19.0 Å². The van der Waals surface area contributed by atoms with Crippen LogP contribution in [0, 0.1) is 13.8 Å². The van der Waals surface area contributed by atoms with Gasteiger partial charge >= 0.3 is 0 Å². The summed E-state index contributed by atoms with van der Waals surface area (Å²) in [6.45, 7) is 3.80. The van der Waals surface area contributed by atoms with Gasteiger partial charge in [0.1, 0.15) is 0 Å². The monoisotopic (exact) mass is 252 g/mol. The summed E-state index contributed by atoms with van der Waals surface area (Å²) >= 11 is 0. The van der Waals surface area contributed by atoms with E-state index in [1.807, 2.05) is 32.0 Å². The van der Waals surface area contributed by atoms with Gasteiger partial charge in [-0.1, -0.05) is 17.2 Å². The number of aryl methyl sites for hydroxylation is 2. The first-order valence-corrected chi connectivity index (χ1v) is 6.85. The standard InChI is InChI=1S/C10H12N4O2S/c1-7-4-5-8(2)9(6-7)14-10(11-12-13-14)17(3,15)16/h4-6H,1-3H3. The van der Waals surface area contributed by atoms with Gasteiger partial charge in [-0.15, -0.1) is 0 Å². The van der Waals surface area contributed by atoms with Crippen molar-refractivity contribution >= 4 is 9.84 Å². The van der Waals surface area contributed by atoms with Crippen LogP contribution in [0.5, 0.6) is 0 Å². The molecule has 7 heteroatoms. The molecule has 0 aliphatic rings. The third-order valence-electron chi connectivity index (χ3n) is 2.37. The Labute approximate surface area is 99.2 Å². The van der Waals surface area contributed by atoms with E-state index in [1.54, 1.807) is 0 Å². The van der Waals surface area contributed by atoms with Crippen LogP contribution in [-0.4, -0.2) is 34.9 Å². The molecule has 2 rings (SSSR count). The van der Waals surface area contributed by atoms with Gasteiger partial charge in [-0.2, -0.15) is 4.68 Å². The van der Waals surface area contributed by atoms with E-state index in [9.17, 15) is 8.42 Å². The summed E-state index contributed by atoms with van der Waals surface area (Å²) in [5.41, 5.74) is 2.60. The summed E-state index contributed by atoms with van der Waals surface area (Å²) in [6, 6.07) is 5.70. The van der Waals surface area contributed by atoms with E-state index in [0.717, 1.165) is 17.4 Å². The summed E-state index contributed by atoms with van der Waals surface area (Å²) in [7, 11) is -3.44. The van der Waals surface area contributed by atoms with Crippen molar-refractivity contribution in [2.75, 3.05) is 6.26 Å². The van der Waals surface area contributed by atoms with E-state index in [4.69, 9.17) is 0 Å². The zero-order valence-electron chi connectivity index (χ0n) is 9.75. The average molecular weight is 252 g/mol. The molecule has 90 valence electrons. The predicted molar refractivity (Wildman–Crippen MR) is 61.7 cm³/mol. The third-order valence-corrected chi connectivity index (χ3v) is 3.28. The number of sulfone groups is 1. The van der Waals surface area contributed by atoms with Crippen LogP contribution in [0.25, 0.3) is 5.69 Å². The fraction of sp³-hybridized carbons (Fsp3) is 0.300. The lowest BCUT2D eigenvalue weighted by atomic mass is 10.1. The number of benzene rings is 1. The first-order chi connectivity index (χ1) is 7.89. The maximum absolute atomic E-state index is 11.5. The first-order valence-electron chi connectivity index (χ1n) is 4.95. The minimum Gasteiger partial charge on any atom is -0.221 e. The van der Waals surface area contributed by atoms with E-state index < -0.39 is 9.84 Å². The maximum atomic E-state index is 11.5. The quantitative estimate of drug-likeness (QED) is 0.785. The Morgan fingerprint density at radius 3 is 2.59 bits per heavy atom. The lowest BCUT2D eigenvalue weighted by Crippen LogP contribution is -2.10. The van der Waals surface area contributed by atoms with Crippen molar-refractivity contribution in [2.24, 2.45) is 0 Å². The molecule has 0 amide bonds. The molecule has 0 spiro atoms. The van der Waals surface area contributed by atoms with Crippen LogP contribution >= 0.6 is 0 Å². The number of nitrogens with zero attached hydrogens (tertiary/aromatic N) is 4. The number of hydrogen-bond acceptors (Lipinski definition) is 5. The zero-order valence-corrected chi connectivity index (χ0v) is 10.6. The van der Waals surface area contributed by atoms with Gasteiger partial charge in [-0.3, -0.25) is 0 Å². The fourth-order valence-corrected chi connectivity index (χ4v) is 2.14. The fourth-order valence-electron chi connectivity index (χ4n) is 1.51. The largest absolute Gasteiger partial charge is 0.272 e. The molecule has 0 aliphatic carbocycles. The third kappa shape index (κ3) is 2.19. The summed E-state index contributed by atoms with van der Waals surface area (Å²) in [5, 5.41) is 10.6. The minimum atomic E-state index is -3.44. The SMILES string of the molecule is Cc1ccc(C)c(-n2nnnc2S(C)(=O)=O)c1. The molecule has 0 radical (unpaired) electrons. The van der Waals surface area contributed by atoms with Crippen LogP contribution in [0.15, 0.2) is 23.4 Å². The summed E-state index contributed by atoms with van der Waals surface area (Å²) in [4.78, 5) is 0. The zero-order chi connectivity index (χ0) is 12.6. The van der Waals surface area contributed by atoms with E-state index >= 15 is 0 Å². The Bertz CT molecular complexity index is 661. The van der Waals surface area contributed by atoms with Crippen LogP contribution in [-0.2, 0) is 9.84 Å². The summed E-state index contributed by atoms with van der Waals surface area (Å²) < 4.78 is 24.3. The van der Waals surface area contributed by atoms with Crippen molar-refractivity contribution in [3.63, 3.8) is 0 Å². The molecule has 2 aromatic rings. The van der Waals surface area contributed by atoms with Crippen molar-refractivity contribution in [3.8, 4) is 5.69 Å². The van der Waals surface area contributed by atoms with Gasteiger partial charge in [0.15, 0.2) is 0 Å². The molecule has 0 fully saturated rings. The van der Waals surface area contributed by atoms with Crippen LogP contribution in [0.2, 0.25) is 0 Å². The topological polar surface area (TPSA) is 77.7 Å². The number of aromatic nitrogens is 4. The normalized spacial score (nSPS) is 11.7. The molecular formula is C10H12N4O2S. The highest BCUT2D eigenvalue weighted by Gasteiger charge is 2.19. The second-order valence-corrected chi connectivity index (χ2v) is 5.84. The Kier molecular flexibility index (Phi) is 2.70. The molecule has 1 heterocycles. The van der Waals surface area contributed by atoms with E-state index in [2.05, 4.69) is 15.5 Å². The molecular weight excluding hydrogens is 240 g/mol. The van der Waals surface area contributed by atoms with Crippen LogP contribution < -0.4 is 0 Å². The summed E-state index contributed by atoms with van der Waals surface area (Å²) in [5.74, 6) is 0. The molecule has 0 saturated carbocycles. The Hall–Kier alpha value is -1.76. The maximum Gasteiger partial charge on any atom is 0.272 e. The van der Waals surface area contributed by atoms with E-state index in [0.29, 0.717) is 5.69 Å². The smallest absolute Gasteiger partial charge is 0.221 e. The predicted octanol–water partition coefficient (Wildman–Crippen LogP) is 0.683. The van der Waals surface area contributed by atoms with Crippen LogP contribution in [0.4, 0.5) is 0 Å². The highest BCUT2D eigenvalue weighted by molar-refractivity contribution is 7.90. The van der Waals surface area contributed by atoms with Gasteiger partial charge in [-0.05, 0) is 41.5 Å². The van der Waals surface area contributed by atoms with E-state index in [-0.39, 0.29) is 5.16 Å². The lowest BCUT2D eigenvalue weighted by Gasteiger charge is -2.07. The highest BCUT2D eigenvalue weighted by atomic mass is 32.2. The van der Waals surface area contributed by atoms with Crippen molar-refractivity contribution < 1.29 is 8.42 Å². The van der Waals surface area contributed by atoms with Gasteiger partial charge in [0.25, 0.3) is 5.16 Å². The number of hydrogen-bond donors (Lipinski definition) is 0. The Morgan fingerprint density at radius 2 is 1.94 bits per heavy atom. The highest BCUT2D eigenvalue weighted by Crippen LogP contribution is 2.17. The van der Waals surface area contributed by atoms with Gasteiger partial charge in [0.2, 0.25) is 9.84 Å². The minimum absolute atomic E-state index is 0.147. The molecule has 17 heavy (non-hydrogen) atoms. The molecule has 6 nitrogen and oxygen atoms in total. The molecule has 1 aromatic heterocycles. The van der Waals surface area contributed by atoms with Crippen molar-refractivity contribution in [3.05, 3.63) is 29.3 Å².